The second kappa shape index (κ2) is 22.2. The van der Waals surface area contributed by atoms with Crippen molar-refractivity contribution in [2.24, 2.45) is 0 Å². The van der Waals surface area contributed by atoms with Gasteiger partial charge < -0.3 is 0 Å². The van der Waals surface area contributed by atoms with Crippen molar-refractivity contribution in [1.29, 1.82) is 0 Å². The van der Waals surface area contributed by atoms with Crippen molar-refractivity contribution in [3.8, 4) is 22.3 Å². The van der Waals surface area contributed by atoms with E-state index in [2.05, 4.69) is 193 Å². The fourth-order valence-corrected chi connectivity index (χ4v) is 7.57. The Bertz CT molecular complexity index is 1950. The first-order valence-electron chi connectivity index (χ1n) is 20.7. The van der Waals surface area contributed by atoms with Gasteiger partial charge in [-0.15, -0.1) is 69.1 Å². The van der Waals surface area contributed by atoms with E-state index in [4.69, 9.17) is 17.0 Å². The first-order valence-corrected chi connectivity index (χ1v) is 29.0. The zero-order valence-electron chi connectivity index (χ0n) is 37.0. The summed E-state index contributed by atoms with van der Waals surface area (Å²) in [6.07, 6.45) is 4.62. The number of aryl methyl sites for hydroxylation is 2. The van der Waals surface area contributed by atoms with Crippen LogP contribution in [0.4, 0.5) is 0 Å². The second-order valence-electron chi connectivity index (χ2n) is 17.7. The molecular formula is C52H68Cl2SiZr. The average Bonchev–Trinajstić information content (AvgIpc) is 3.79. The molecule has 0 saturated carbocycles. The zero-order valence-corrected chi connectivity index (χ0v) is 41.9. The first kappa shape index (κ1) is 48.2. The van der Waals surface area contributed by atoms with E-state index in [-0.39, 0.29) is 10.8 Å². The third-order valence-electron chi connectivity index (χ3n) is 10.4. The van der Waals surface area contributed by atoms with Gasteiger partial charge in [0.15, 0.2) is 0 Å². The number of rotatable bonds is 8. The molecule has 0 N–H and O–H groups in total. The average molecular weight is 883 g/mol. The van der Waals surface area contributed by atoms with E-state index < -0.39 is 20.8 Å². The third kappa shape index (κ3) is 12.4. The second-order valence-corrected chi connectivity index (χ2v) is 22.5. The van der Waals surface area contributed by atoms with Crippen molar-refractivity contribution in [3.05, 3.63) is 130 Å². The first-order chi connectivity index (χ1) is 26.5. The Morgan fingerprint density at radius 3 is 1.18 bits per heavy atom. The van der Waals surface area contributed by atoms with Crippen LogP contribution in [0.2, 0.25) is 13.1 Å². The Labute approximate surface area is 363 Å². The van der Waals surface area contributed by atoms with Crippen molar-refractivity contribution in [1.82, 2.24) is 0 Å². The Morgan fingerprint density at radius 2 is 0.893 bits per heavy atom. The maximum absolute atomic E-state index is 4.93. The molecule has 0 spiro atoms. The fraction of sp³-hybridized carbons (Fsp3) is 0.423. The zero-order chi connectivity index (χ0) is 41.8. The van der Waals surface area contributed by atoms with Crippen LogP contribution in [0.1, 0.15) is 141 Å². The SMILES string of the molecule is CCCc1ccc2[cH-]c(C(C)(C)C)cc2c1-c1ccccc1C(C)C.CCCc1ccc2[cH-]c(C(C)(C)C)cc2c1-c1ccccc1C(C)C.C[Si]C.[Cl][Zr+2][Cl]. The Morgan fingerprint density at radius 1 is 0.571 bits per heavy atom. The van der Waals surface area contributed by atoms with E-state index in [1.54, 1.807) is 0 Å². The molecule has 56 heavy (non-hydrogen) atoms. The van der Waals surface area contributed by atoms with E-state index in [9.17, 15) is 0 Å². The summed E-state index contributed by atoms with van der Waals surface area (Å²) in [5.41, 5.74) is 14.8. The molecule has 0 unspecified atom stereocenters. The van der Waals surface area contributed by atoms with Crippen LogP contribution in [0, 0.1) is 0 Å². The molecule has 0 saturated heterocycles. The van der Waals surface area contributed by atoms with Gasteiger partial charge in [0.05, 0.1) is 0 Å². The van der Waals surface area contributed by atoms with Crippen LogP contribution in [0.3, 0.4) is 0 Å². The topological polar surface area (TPSA) is 0 Å². The monoisotopic (exact) mass is 880 g/mol. The molecule has 0 aliphatic heterocycles. The van der Waals surface area contributed by atoms with Crippen molar-refractivity contribution in [2.45, 2.75) is 145 Å². The summed E-state index contributed by atoms with van der Waals surface area (Å²) >= 11 is -0.826. The quantitative estimate of drug-likeness (QED) is 0.106. The van der Waals surface area contributed by atoms with E-state index in [0.717, 1.165) is 22.4 Å². The summed E-state index contributed by atoms with van der Waals surface area (Å²) in [7, 11) is 11.0. The normalized spacial score (nSPS) is 11.5. The van der Waals surface area contributed by atoms with Gasteiger partial charge in [-0.2, -0.15) is 12.1 Å². The van der Waals surface area contributed by atoms with E-state index in [1.807, 2.05) is 0 Å². The van der Waals surface area contributed by atoms with Gasteiger partial charge in [0.25, 0.3) is 0 Å². The van der Waals surface area contributed by atoms with Crippen molar-refractivity contribution < 1.29 is 20.8 Å². The van der Waals surface area contributed by atoms with Crippen LogP contribution in [0.15, 0.2) is 97.1 Å². The van der Waals surface area contributed by atoms with Crippen molar-refractivity contribution in [2.75, 3.05) is 0 Å². The number of halogens is 2. The van der Waals surface area contributed by atoms with E-state index in [0.29, 0.717) is 11.8 Å². The number of benzene rings is 4. The molecule has 0 fully saturated rings. The van der Waals surface area contributed by atoms with Crippen LogP contribution < -0.4 is 0 Å². The molecule has 6 aromatic rings. The van der Waals surface area contributed by atoms with Crippen molar-refractivity contribution >= 4 is 48.1 Å². The predicted molar refractivity (Wildman–Crippen MR) is 253 cm³/mol. The van der Waals surface area contributed by atoms with Crippen LogP contribution >= 0.6 is 17.0 Å². The molecule has 0 heterocycles. The summed E-state index contributed by atoms with van der Waals surface area (Å²) in [5, 5.41) is 5.59. The molecule has 0 aliphatic rings. The number of hydrogen-bond donors (Lipinski definition) is 0. The van der Waals surface area contributed by atoms with Gasteiger partial charge in [0.2, 0.25) is 0 Å². The number of hydrogen-bond acceptors (Lipinski definition) is 0. The van der Waals surface area contributed by atoms with Gasteiger partial charge in [0.1, 0.15) is 0 Å². The minimum atomic E-state index is -0.826. The summed E-state index contributed by atoms with van der Waals surface area (Å²) < 4.78 is 0. The standard InChI is InChI=1S/2C25H31.C2H6Si.2ClH.Zr/c2*1-7-10-18-13-14-19-15-20(25(4,5)6)16-23(19)24(18)22-12-9-8-11-21(22)17(2)3;1-3-2;;;/h2*8-9,11-17H,7,10H2,1-6H3;1-2H3;2*1H;/q2*-1;;;;+4/p-2. The molecular weight excluding hydrogens is 815 g/mol. The molecule has 4 heteroatoms. The van der Waals surface area contributed by atoms with Gasteiger partial charge in [-0.05, 0) is 57.8 Å². The van der Waals surface area contributed by atoms with Crippen LogP contribution in [0.25, 0.3) is 43.8 Å². The van der Waals surface area contributed by atoms with Gasteiger partial charge >= 0.3 is 37.9 Å². The summed E-state index contributed by atoms with van der Waals surface area (Å²) in [5.74, 6) is 1.05. The summed E-state index contributed by atoms with van der Waals surface area (Å²) in [4.78, 5) is 0. The van der Waals surface area contributed by atoms with Crippen LogP contribution in [0.5, 0.6) is 0 Å². The maximum atomic E-state index is 4.93. The molecule has 0 bridgehead atoms. The summed E-state index contributed by atoms with van der Waals surface area (Å²) in [6, 6.07) is 36.9. The Balaban J connectivity index is 0.000000264. The van der Waals surface area contributed by atoms with Gasteiger partial charge in [-0.25, -0.2) is 0 Å². The van der Waals surface area contributed by atoms with Crippen LogP contribution in [-0.2, 0) is 44.5 Å². The molecule has 0 nitrogen and oxygen atoms in total. The fourth-order valence-electron chi connectivity index (χ4n) is 7.57. The molecule has 2 radical (unpaired) electrons. The minimum absolute atomic E-state index is 0.179. The Hall–Kier alpha value is -2.22. The predicted octanol–water partition coefficient (Wildman–Crippen LogP) is 17.4. The Kier molecular flexibility index (Phi) is 19.1. The number of fused-ring (bicyclic) bond motifs is 2. The molecule has 0 amide bonds. The molecule has 0 aliphatic carbocycles. The molecule has 6 rings (SSSR count). The molecule has 0 atom stereocenters. The van der Waals surface area contributed by atoms with Gasteiger partial charge in [-0.1, -0.05) is 180 Å². The van der Waals surface area contributed by atoms with Gasteiger partial charge in [0, 0.05) is 9.52 Å². The van der Waals surface area contributed by atoms with Gasteiger partial charge in [-0.3, -0.25) is 0 Å². The molecule has 0 aromatic heterocycles. The summed E-state index contributed by atoms with van der Waals surface area (Å²) in [6.45, 7) is 31.8. The van der Waals surface area contributed by atoms with E-state index in [1.165, 1.54) is 90.0 Å². The van der Waals surface area contributed by atoms with E-state index >= 15 is 0 Å². The van der Waals surface area contributed by atoms with Crippen LogP contribution in [-0.4, -0.2) is 9.52 Å². The molecule has 298 valence electrons. The molecule has 6 aromatic carbocycles. The third-order valence-corrected chi connectivity index (χ3v) is 10.4. The van der Waals surface area contributed by atoms with Crippen molar-refractivity contribution in [3.63, 3.8) is 0 Å².